The van der Waals surface area contributed by atoms with Gasteiger partial charge in [-0.3, -0.25) is 4.79 Å². The van der Waals surface area contributed by atoms with E-state index in [4.69, 9.17) is 28.9 Å². The number of carbonyl (C=O) groups is 1. The van der Waals surface area contributed by atoms with Gasteiger partial charge in [0, 0.05) is 19.1 Å². The van der Waals surface area contributed by atoms with E-state index in [1.165, 1.54) is 0 Å². The Labute approximate surface area is 117 Å². The largest absolute Gasteiger partial charge is 0.337 e. The second-order valence-electron chi connectivity index (χ2n) is 4.78. The van der Waals surface area contributed by atoms with Crippen molar-refractivity contribution in [2.75, 3.05) is 13.1 Å². The van der Waals surface area contributed by atoms with E-state index in [1.54, 1.807) is 23.1 Å². The second-order valence-corrected chi connectivity index (χ2v) is 5.59. The number of nitrogens with zero attached hydrogens (tertiary/aromatic N) is 1. The fourth-order valence-electron chi connectivity index (χ4n) is 2.14. The number of hydrogen-bond donors (Lipinski definition) is 1. The van der Waals surface area contributed by atoms with Crippen LogP contribution in [-0.4, -0.2) is 29.9 Å². The average molecular weight is 287 g/mol. The third-order valence-electron chi connectivity index (χ3n) is 3.48. The average Bonchev–Trinajstić information content (AvgIpc) is 2.32. The molecule has 0 aromatic heterocycles. The minimum atomic E-state index is -0.132. The third kappa shape index (κ3) is 2.63. The summed E-state index contributed by atoms with van der Waals surface area (Å²) >= 11 is 12.1. The van der Waals surface area contributed by atoms with Gasteiger partial charge in [-0.25, -0.2) is 0 Å². The number of nitrogens with two attached hydrogens (primary N) is 1. The Morgan fingerprint density at radius 2 is 2.00 bits per heavy atom. The summed E-state index contributed by atoms with van der Waals surface area (Å²) < 4.78 is 0. The molecule has 3 nitrogen and oxygen atoms in total. The Kier molecular flexibility index (Phi) is 4.15. The number of likely N-dealkylation sites (tertiary alicyclic amines) is 1. The van der Waals surface area contributed by atoms with Gasteiger partial charge >= 0.3 is 0 Å². The fraction of sp³-hybridized carbons (Fsp3) is 0.462. The highest BCUT2D eigenvalue weighted by molar-refractivity contribution is 6.39. The second kappa shape index (κ2) is 5.47. The summed E-state index contributed by atoms with van der Waals surface area (Å²) in [5.74, 6) is 0.309. The monoisotopic (exact) mass is 286 g/mol. The van der Waals surface area contributed by atoms with E-state index in [9.17, 15) is 4.79 Å². The van der Waals surface area contributed by atoms with Crippen LogP contribution in [0.25, 0.3) is 0 Å². The molecule has 2 N–H and O–H groups in total. The fourth-order valence-corrected chi connectivity index (χ4v) is 2.70. The molecule has 0 bridgehead atoms. The molecule has 0 radical (unpaired) electrons. The predicted molar refractivity (Wildman–Crippen MR) is 74.1 cm³/mol. The van der Waals surface area contributed by atoms with Crippen molar-refractivity contribution in [1.29, 1.82) is 0 Å². The van der Waals surface area contributed by atoms with Crippen molar-refractivity contribution in [3.05, 3.63) is 33.8 Å². The van der Waals surface area contributed by atoms with E-state index in [1.807, 2.05) is 0 Å². The zero-order valence-electron chi connectivity index (χ0n) is 10.2. The minimum absolute atomic E-state index is 0.0176. The molecule has 1 fully saturated rings. The van der Waals surface area contributed by atoms with Crippen LogP contribution in [0.4, 0.5) is 0 Å². The molecule has 2 unspecified atom stereocenters. The van der Waals surface area contributed by atoms with E-state index >= 15 is 0 Å². The molecular weight excluding hydrogens is 271 g/mol. The molecule has 5 heteroatoms. The summed E-state index contributed by atoms with van der Waals surface area (Å²) in [4.78, 5) is 14.1. The van der Waals surface area contributed by atoms with Crippen LogP contribution in [0.2, 0.25) is 10.0 Å². The van der Waals surface area contributed by atoms with Crippen molar-refractivity contribution in [2.45, 2.75) is 19.4 Å². The molecule has 1 aliphatic rings. The molecule has 0 aliphatic carbocycles. The zero-order chi connectivity index (χ0) is 13.3. The van der Waals surface area contributed by atoms with Crippen LogP contribution in [0.1, 0.15) is 23.7 Å². The molecule has 1 aromatic carbocycles. The van der Waals surface area contributed by atoms with Gasteiger partial charge in [0.15, 0.2) is 0 Å². The number of piperidine rings is 1. The number of rotatable bonds is 1. The number of benzene rings is 1. The molecule has 18 heavy (non-hydrogen) atoms. The summed E-state index contributed by atoms with van der Waals surface area (Å²) in [7, 11) is 0. The van der Waals surface area contributed by atoms with Crippen LogP contribution in [0.3, 0.4) is 0 Å². The predicted octanol–water partition coefficient (Wildman–Crippen LogP) is 2.80. The lowest BCUT2D eigenvalue weighted by atomic mass is 9.94. The maximum absolute atomic E-state index is 12.4. The van der Waals surface area contributed by atoms with Crippen LogP contribution >= 0.6 is 23.2 Å². The molecular formula is C13H16Cl2N2O. The standard InChI is InChI=1S/C13H16Cl2N2O/c1-8-5-6-17(7-11(8)16)13(18)12-9(14)3-2-4-10(12)15/h2-4,8,11H,5-7,16H2,1H3. The van der Waals surface area contributed by atoms with Crippen molar-refractivity contribution in [1.82, 2.24) is 4.90 Å². The van der Waals surface area contributed by atoms with Crippen molar-refractivity contribution in [3.8, 4) is 0 Å². The minimum Gasteiger partial charge on any atom is -0.337 e. The molecule has 1 amide bonds. The molecule has 0 saturated carbocycles. The lowest BCUT2D eigenvalue weighted by Crippen LogP contribution is -2.49. The van der Waals surface area contributed by atoms with Gasteiger partial charge in [-0.2, -0.15) is 0 Å². The third-order valence-corrected chi connectivity index (χ3v) is 4.11. The summed E-state index contributed by atoms with van der Waals surface area (Å²) in [6.07, 6.45) is 0.912. The first-order chi connectivity index (χ1) is 8.50. The SMILES string of the molecule is CC1CCN(C(=O)c2c(Cl)cccc2Cl)CC1N. The van der Waals surface area contributed by atoms with E-state index in [0.717, 1.165) is 6.42 Å². The maximum atomic E-state index is 12.4. The lowest BCUT2D eigenvalue weighted by Gasteiger charge is -2.35. The highest BCUT2D eigenvalue weighted by atomic mass is 35.5. The Bertz CT molecular complexity index is 444. The summed E-state index contributed by atoms with van der Waals surface area (Å²) in [6.45, 7) is 3.37. The Hall–Kier alpha value is -0.770. The van der Waals surface area contributed by atoms with E-state index in [2.05, 4.69) is 6.92 Å². The first kappa shape index (κ1) is 13.7. The quantitative estimate of drug-likeness (QED) is 0.863. The smallest absolute Gasteiger partial charge is 0.256 e. The van der Waals surface area contributed by atoms with E-state index in [-0.39, 0.29) is 11.9 Å². The molecule has 1 aromatic rings. The highest BCUT2D eigenvalue weighted by Crippen LogP contribution is 2.27. The molecule has 2 rings (SSSR count). The Morgan fingerprint density at radius 3 is 2.56 bits per heavy atom. The zero-order valence-corrected chi connectivity index (χ0v) is 11.7. The molecule has 2 atom stereocenters. The first-order valence-electron chi connectivity index (χ1n) is 5.99. The lowest BCUT2D eigenvalue weighted by molar-refractivity contribution is 0.0673. The summed E-state index contributed by atoms with van der Waals surface area (Å²) in [5, 5.41) is 0.777. The maximum Gasteiger partial charge on any atom is 0.256 e. The highest BCUT2D eigenvalue weighted by Gasteiger charge is 2.28. The van der Waals surface area contributed by atoms with Gasteiger partial charge in [0.25, 0.3) is 5.91 Å². The van der Waals surface area contributed by atoms with Crippen molar-refractivity contribution in [3.63, 3.8) is 0 Å². The van der Waals surface area contributed by atoms with Gasteiger partial charge in [-0.15, -0.1) is 0 Å². The number of carbonyl (C=O) groups excluding carboxylic acids is 1. The van der Waals surface area contributed by atoms with Crippen LogP contribution in [0, 0.1) is 5.92 Å². The molecule has 98 valence electrons. The van der Waals surface area contributed by atoms with Gasteiger partial charge in [0.2, 0.25) is 0 Å². The summed E-state index contributed by atoms with van der Waals surface area (Å²) in [6, 6.07) is 5.09. The van der Waals surface area contributed by atoms with Crippen LogP contribution < -0.4 is 5.73 Å². The van der Waals surface area contributed by atoms with Crippen LogP contribution in [-0.2, 0) is 0 Å². The number of hydrogen-bond acceptors (Lipinski definition) is 2. The first-order valence-corrected chi connectivity index (χ1v) is 6.75. The van der Waals surface area contributed by atoms with Crippen LogP contribution in [0.5, 0.6) is 0 Å². The van der Waals surface area contributed by atoms with Crippen molar-refractivity contribution in [2.24, 2.45) is 11.7 Å². The molecule has 1 heterocycles. The molecule has 0 spiro atoms. The normalized spacial score (nSPS) is 24.1. The molecule has 1 saturated heterocycles. The van der Waals surface area contributed by atoms with Gasteiger partial charge in [0.05, 0.1) is 15.6 Å². The number of amides is 1. The van der Waals surface area contributed by atoms with Crippen molar-refractivity contribution < 1.29 is 4.79 Å². The Morgan fingerprint density at radius 1 is 1.39 bits per heavy atom. The van der Waals surface area contributed by atoms with Gasteiger partial charge in [0.1, 0.15) is 0 Å². The van der Waals surface area contributed by atoms with Crippen molar-refractivity contribution >= 4 is 29.1 Å². The van der Waals surface area contributed by atoms with E-state index in [0.29, 0.717) is 34.6 Å². The van der Waals surface area contributed by atoms with Gasteiger partial charge in [-0.05, 0) is 24.5 Å². The molecule has 1 aliphatic heterocycles. The number of halogens is 2. The van der Waals surface area contributed by atoms with E-state index < -0.39 is 0 Å². The van der Waals surface area contributed by atoms with Gasteiger partial charge < -0.3 is 10.6 Å². The van der Waals surface area contributed by atoms with Crippen LogP contribution in [0.15, 0.2) is 18.2 Å². The topological polar surface area (TPSA) is 46.3 Å². The summed E-state index contributed by atoms with van der Waals surface area (Å²) in [5.41, 5.74) is 6.38. The Balaban J connectivity index is 2.22. The van der Waals surface area contributed by atoms with Gasteiger partial charge in [-0.1, -0.05) is 36.2 Å².